The maximum atomic E-state index is 11.0. The molecule has 0 aromatic heterocycles. The number of hydrogen-bond acceptors (Lipinski definition) is 2. The summed E-state index contributed by atoms with van der Waals surface area (Å²) in [5.74, 6) is -0.286. The summed E-state index contributed by atoms with van der Waals surface area (Å²) in [4.78, 5) is 11.0. The summed E-state index contributed by atoms with van der Waals surface area (Å²) in [5.41, 5.74) is 1.78. The van der Waals surface area contributed by atoms with Gasteiger partial charge in [0.25, 0.3) is 0 Å². The Bertz CT molecular complexity index is 593. The Morgan fingerprint density at radius 2 is 1.94 bits per heavy atom. The fourth-order valence-corrected chi connectivity index (χ4v) is 1.92. The van der Waals surface area contributed by atoms with Crippen LogP contribution in [0.4, 0.5) is 0 Å². The van der Waals surface area contributed by atoms with Gasteiger partial charge < -0.3 is 9.84 Å². The van der Waals surface area contributed by atoms with Gasteiger partial charge in [-0.05, 0) is 41.5 Å². The van der Waals surface area contributed by atoms with Crippen molar-refractivity contribution in [3.8, 4) is 16.9 Å². The summed E-state index contributed by atoms with van der Waals surface area (Å²) in [5, 5.41) is 9.39. The lowest BCUT2D eigenvalue weighted by atomic mass is 10.0. The zero-order valence-electron chi connectivity index (χ0n) is 9.68. The maximum absolute atomic E-state index is 11.0. The van der Waals surface area contributed by atoms with Crippen LogP contribution in [0.3, 0.4) is 0 Å². The number of benzene rings is 2. The molecule has 0 saturated carbocycles. The van der Waals surface area contributed by atoms with Crippen LogP contribution in [-0.4, -0.2) is 18.2 Å². The Morgan fingerprint density at radius 3 is 2.61 bits per heavy atom. The first-order valence-corrected chi connectivity index (χ1v) is 5.66. The predicted molar refractivity (Wildman–Crippen MR) is 70.4 cm³/mol. The molecule has 0 amide bonds. The summed E-state index contributed by atoms with van der Waals surface area (Å²) in [6.45, 7) is 0. The minimum atomic E-state index is -0.998. The van der Waals surface area contributed by atoms with Crippen LogP contribution in [0, 0.1) is 0 Å². The molecule has 92 valence electrons. The van der Waals surface area contributed by atoms with Gasteiger partial charge in [0.05, 0.1) is 12.7 Å². The molecular formula is C14H11ClO3. The third-order valence-electron chi connectivity index (χ3n) is 2.55. The molecule has 0 fully saturated rings. The summed E-state index contributed by atoms with van der Waals surface area (Å²) >= 11 is 5.92. The van der Waals surface area contributed by atoms with Crippen molar-refractivity contribution in [2.45, 2.75) is 0 Å². The van der Waals surface area contributed by atoms with Crippen LogP contribution >= 0.6 is 11.6 Å². The van der Waals surface area contributed by atoms with Crippen molar-refractivity contribution in [1.82, 2.24) is 0 Å². The molecule has 2 rings (SSSR count). The van der Waals surface area contributed by atoms with E-state index < -0.39 is 5.97 Å². The summed E-state index contributed by atoms with van der Waals surface area (Å²) < 4.78 is 5.13. The Balaban J connectivity index is 2.52. The lowest BCUT2D eigenvalue weighted by Gasteiger charge is -2.06. The number of carbonyl (C=O) groups is 1. The van der Waals surface area contributed by atoms with Gasteiger partial charge >= 0.3 is 5.97 Å². The third kappa shape index (κ3) is 2.63. The average molecular weight is 263 g/mol. The van der Waals surface area contributed by atoms with Gasteiger partial charge in [-0.2, -0.15) is 0 Å². The van der Waals surface area contributed by atoms with Crippen LogP contribution in [0.25, 0.3) is 11.1 Å². The Morgan fingerprint density at radius 1 is 1.17 bits per heavy atom. The second kappa shape index (κ2) is 5.10. The first-order valence-electron chi connectivity index (χ1n) is 5.28. The van der Waals surface area contributed by atoms with Crippen molar-refractivity contribution in [3.63, 3.8) is 0 Å². The molecule has 0 unspecified atom stereocenters. The van der Waals surface area contributed by atoms with E-state index in [9.17, 15) is 4.79 Å². The number of ether oxygens (including phenoxy) is 1. The largest absolute Gasteiger partial charge is 0.497 e. The normalized spacial score (nSPS) is 10.1. The summed E-state index contributed by atoms with van der Waals surface area (Å²) in [7, 11) is 1.58. The Labute approximate surface area is 110 Å². The van der Waals surface area contributed by atoms with Gasteiger partial charge in [-0.3, -0.25) is 0 Å². The van der Waals surface area contributed by atoms with E-state index in [1.54, 1.807) is 19.2 Å². The lowest BCUT2D eigenvalue weighted by Crippen LogP contribution is -1.96. The zero-order chi connectivity index (χ0) is 13.1. The van der Waals surface area contributed by atoms with Crippen molar-refractivity contribution in [2.75, 3.05) is 7.11 Å². The molecule has 0 spiro atoms. The van der Waals surface area contributed by atoms with Crippen molar-refractivity contribution < 1.29 is 14.6 Å². The molecule has 18 heavy (non-hydrogen) atoms. The van der Waals surface area contributed by atoms with Crippen LogP contribution in [0.1, 0.15) is 10.4 Å². The molecule has 3 nitrogen and oxygen atoms in total. The Kier molecular flexibility index (Phi) is 3.53. The van der Waals surface area contributed by atoms with Gasteiger partial charge in [0.15, 0.2) is 0 Å². The van der Waals surface area contributed by atoms with Gasteiger partial charge in [0, 0.05) is 5.02 Å². The second-order valence-corrected chi connectivity index (χ2v) is 4.20. The van der Waals surface area contributed by atoms with Gasteiger partial charge in [-0.1, -0.05) is 23.7 Å². The molecule has 0 aliphatic heterocycles. The predicted octanol–water partition coefficient (Wildman–Crippen LogP) is 3.71. The zero-order valence-corrected chi connectivity index (χ0v) is 10.4. The molecule has 2 aromatic carbocycles. The molecule has 0 atom stereocenters. The van der Waals surface area contributed by atoms with Gasteiger partial charge in [-0.15, -0.1) is 0 Å². The molecule has 4 heteroatoms. The van der Waals surface area contributed by atoms with E-state index >= 15 is 0 Å². The number of carboxylic acids is 1. The highest BCUT2D eigenvalue weighted by atomic mass is 35.5. The van der Waals surface area contributed by atoms with Crippen LogP contribution in [-0.2, 0) is 0 Å². The van der Waals surface area contributed by atoms with E-state index in [0.717, 1.165) is 11.1 Å². The topological polar surface area (TPSA) is 46.5 Å². The van der Waals surface area contributed by atoms with Crippen molar-refractivity contribution in [3.05, 3.63) is 53.1 Å². The van der Waals surface area contributed by atoms with Gasteiger partial charge in [-0.25, -0.2) is 4.79 Å². The molecule has 0 aliphatic carbocycles. The summed E-state index contributed by atoms with van der Waals surface area (Å²) in [6, 6.07) is 12.1. The van der Waals surface area contributed by atoms with Crippen molar-refractivity contribution in [1.29, 1.82) is 0 Å². The molecule has 0 aliphatic rings. The van der Waals surface area contributed by atoms with Gasteiger partial charge in [0.2, 0.25) is 0 Å². The minimum Gasteiger partial charge on any atom is -0.497 e. The molecular weight excluding hydrogens is 252 g/mol. The van der Waals surface area contributed by atoms with Gasteiger partial charge in [0.1, 0.15) is 5.75 Å². The molecule has 0 saturated heterocycles. The molecule has 1 N–H and O–H groups in total. The number of hydrogen-bond donors (Lipinski definition) is 1. The first-order chi connectivity index (χ1) is 8.60. The monoisotopic (exact) mass is 262 g/mol. The standard InChI is InChI=1S/C14H11ClO3/c1-18-13-4-2-3-9(8-13)10-5-11(14(16)17)7-12(15)6-10/h2-8H,1H3,(H,16,17). The highest BCUT2D eigenvalue weighted by Gasteiger charge is 2.08. The van der Waals surface area contributed by atoms with Crippen LogP contribution in [0.5, 0.6) is 5.75 Å². The quantitative estimate of drug-likeness (QED) is 0.917. The minimum absolute atomic E-state index is 0.167. The number of carboxylic acid groups (broad SMARTS) is 1. The molecule has 2 aromatic rings. The van der Waals surface area contributed by atoms with Crippen molar-refractivity contribution >= 4 is 17.6 Å². The third-order valence-corrected chi connectivity index (χ3v) is 2.77. The van der Waals surface area contributed by atoms with Crippen LogP contribution < -0.4 is 4.74 Å². The Hall–Kier alpha value is -2.00. The van der Waals surface area contributed by atoms with Crippen molar-refractivity contribution in [2.24, 2.45) is 0 Å². The number of methoxy groups -OCH3 is 1. The van der Waals surface area contributed by atoms with Crippen LogP contribution in [0.2, 0.25) is 5.02 Å². The highest BCUT2D eigenvalue weighted by molar-refractivity contribution is 6.31. The highest BCUT2D eigenvalue weighted by Crippen LogP contribution is 2.27. The lowest BCUT2D eigenvalue weighted by molar-refractivity contribution is 0.0697. The second-order valence-electron chi connectivity index (χ2n) is 3.77. The summed E-state index contributed by atoms with van der Waals surface area (Å²) in [6.07, 6.45) is 0. The van der Waals surface area contributed by atoms with E-state index in [1.807, 2.05) is 24.3 Å². The smallest absolute Gasteiger partial charge is 0.335 e. The van der Waals surface area contributed by atoms with E-state index in [4.69, 9.17) is 21.4 Å². The fraction of sp³-hybridized carbons (Fsp3) is 0.0714. The first kappa shape index (κ1) is 12.5. The van der Waals surface area contributed by atoms with E-state index in [2.05, 4.69) is 0 Å². The van der Waals surface area contributed by atoms with Crippen LogP contribution in [0.15, 0.2) is 42.5 Å². The maximum Gasteiger partial charge on any atom is 0.335 e. The fourth-order valence-electron chi connectivity index (χ4n) is 1.68. The molecule has 0 radical (unpaired) electrons. The SMILES string of the molecule is COc1cccc(-c2cc(Cl)cc(C(=O)O)c2)c1. The average Bonchev–Trinajstić information content (AvgIpc) is 2.38. The number of aromatic carboxylic acids is 1. The molecule has 0 heterocycles. The van der Waals surface area contributed by atoms with E-state index in [-0.39, 0.29) is 5.56 Å². The van der Waals surface area contributed by atoms with E-state index in [1.165, 1.54) is 6.07 Å². The molecule has 0 bridgehead atoms. The number of rotatable bonds is 3. The van der Waals surface area contributed by atoms with E-state index in [0.29, 0.717) is 10.8 Å². The number of halogens is 1.